The number of amides is 2. The van der Waals surface area contributed by atoms with E-state index in [1.165, 1.54) is 0 Å². The Hall–Kier alpha value is -3.74. The topological polar surface area (TPSA) is 88.6 Å². The lowest BCUT2D eigenvalue weighted by Crippen LogP contribution is -2.41. The number of anilines is 2. The van der Waals surface area contributed by atoms with Crippen LogP contribution in [-0.4, -0.2) is 35.4 Å². The van der Waals surface area contributed by atoms with E-state index in [2.05, 4.69) is 5.32 Å². The molecule has 1 aliphatic heterocycles. The van der Waals surface area contributed by atoms with Crippen LogP contribution < -0.4 is 10.2 Å². The van der Waals surface area contributed by atoms with Crippen molar-refractivity contribution in [2.24, 2.45) is 0 Å². The summed E-state index contributed by atoms with van der Waals surface area (Å²) in [5, 5.41) is 3.59. The number of para-hydroxylation sites is 3. The van der Waals surface area contributed by atoms with Crippen molar-refractivity contribution >= 4 is 40.1 Å². The zero-order valence-corrected chi connectivity index (χ0v) is 19.2. The standard InChI is InChI=1S/C27H27N3O4/c1-17-15-24(31)29-22-13-7-8-14-23(22)30(17)25(32)16-34-27(33)26-18-9-3-2-4-11-20(18)28-21-12-6-5-10-19(21)26/h5-8,10,12-14,17H,2-4,9,11,15-16H2,1H3,(H,29,31)/t17-/m1/s1. The van der Waals surface area contributed by atoms with E-state index in [0.29, 0.717) is 16.9 Å². The van der Waals surface area contributed by atoms with Crippen LogP contribution in [0.5, 0.6) is 0 Å². The number of ether oxygens (including phenoxy) is 1. The zero-order chi connectivity index (χ0) is 23.7. The van der Waals surface area contributed by atoms with Crippen molar-refractivity contribution < 1.29 is 19.1 Å². The first-order valence-electron chi connectivity index (χ1n) is 11.8. The molecule has 0 saturated heterocycles. The molecule has 174 valence electrons. The van der Waals surface area contributed by atoms with Crippen LogP contribution in [0, 0.1) is 0 Å². The van der Waals surface area contributed by atoms with Gasteiger partial charge in [-0.25, -0.2) is 4.79 Å². The number of rotatable bonds is 3. The SMILES string of the molecule is C[C@@H]1CC(=O)Nc2ccccc2N1C(=O)COC(=O)c1c2c(nc3ccccc13)CCCCC2. The highest BCUT2D eigenvalue weighted by molar-refractivity contribution is 6.08. The van der Waals surface area contributed by atoms with Gasteiger partial charge in [0.1, 0.15) is 0 Å². The fourth-order valence-corrected chi connectivity index (χ4v) is 5.02. The molecule has 34 heavy (non-hydrogen) atoms. The van der Waals surface area contributed by atoms with Gasteiger partial charge in [0.05, 0.1) is 22.5 Å². The first-order chi connectivity index (χ1) is 16.5. The van der Waals surface area contributed by atoms with Crippen LogP contribution in [0.3, 0.4) is 0 Å². The third kappa shape index (κ3) is 4.14. The fraction of sp³-hybridized carbons (Fsp3) is 0.333. The minimum atomic E-state index is -0.505. The summed E-state index contributed by atoms with van der Waals surface area (Å²) in [6, 6.07) is 14.4. The first-order valence-corrected chi connectivity index (χ1v) is 11.8. The van der Waals surface area contributed by atoms with Gasteiger partial charge in [-0.2, -0.15) is 0 Å². The van der Waals surface area contributed by atoms with E-state index in [9.17, 15) is 14.4 Å². The number of hydrogen-bond donors (Lipinski definition) is 1. The van der Waals surface area contributed by atoms with Gasteiger partial charge in [-0.15, -0.1) is 0 Å². The van der Waals surface area contributed by atoms with E-state index < -0.39 is 12.6 Å². The molecule has 2 amide bonds. The molecule has 0 fully saturated rings. The van der Waals surface area contributed by atoms with Gasteiger partial charge < -0.3 is 15.0 Å². The molecule has 1 aliphatic carbocycles. The molecule has 7 heteroatoms. The van der Waals surface area contributed by atoms with Crippen LogP contribution in [0.1, 0.15) is 54.2 Å². The van der Waals surface area contributed by atoms with Gasteiger partial charge in [0.25, 0.3) is 5.91 Å². The highest BCUT2D eigenvalue weighted by Gasteiger charge is 2.31. The number of nitrogens with one attached hydrogen (secondary N) is 1. The van der Waals surface area contributed by atoms with Gasteiger partial charge in [0.15, 0.2) is 6.61 Å². The molecule has 0 bridgehead atoms. The summed E-state index contributed by atoms with van der Waals surface area (Å²) in [7, 11) is 0. The highest BCUT2D eigenvalue weighted by Crippen LogP contribution is 2.32. The van der Waals surface area contributed by atoms with Gasteiger partial charge in [-0.1, -0.05) is 36.8 Å². The number of pyridine rings is 1. The molecule has 1 N–H and O–H groups in total. The number of esters is 1. The van der Waals surface area contributed by atoms with Crippen molar-refractivity contribution in [1.82, 2.24) is 4.98 Å². The Balaban J connectivity index is 1.43. The normalized spacial score (nSPS) is 17.7. The van der Waals surface area contributed by atoms with Crippen LogP contribution in [0.2, 0.25) is 0 Å². The number of nitrogens with zero attached hydrogens (tertiary/aromatic N) is 2. The molecule has 0 saturated carbocycles. The largest absolute Gasteiger partial charge is 0.452 e. The predicted molar refractivity (Wildman–Crippen MR) is 130 cm³/mol. The van der Waals surface area contributed by atoms with Crippen molar-refractivity contribution in [3.8, 4) is 0 Å². The molecule has 0 unspecified atom stereocenters. The maximum absolute atomic E-state index is 13.4. The van der Waals surface area contributed by atoms with E-state index in [1.807, 2.05) is 37.3 Å². The molecule has 1 atom stereocenters. The van der Waals surface area contributed by atoms with Gasteiger partial charge in [-0.3, -0.25) is 14.6 Å². The van der Waals surface area contributed by atoms with Crippen molar-refractivity contribution in [3.63, 3.8) is 0 Å². The zero-order valence-electron chi connectivity index (χ0n) is 19.2. The van der Waals surface area contributed by atoms with E-state index >= 15 is 0 Å². The van der Waals surface area contributed by atoms with Crippen molar-refractivity contribution in [3.05, 3.63) is 65.4 Å². The van der Waals surface area contributed by atoms with Crippen molar-refractivity contribution in [1.29, 1.82) is 0 Å². The summed E-state index contributed by atoms with van der Waals surface area (Å²) in [4.78, 5) is 45.3. The Morgan fingerprint density at radius 3 is 2.71 bits per heavy atom. The van der Waals surface area contributed by atoms with Crippen molar-refractivity contribution in [2.45, 2.75) is 51.5 Å². The lowest BCUT2D eigenvalue weighted by molar-refractivity contribution is -0.122. The summed E-state index contributed by atoms with van der Waals surface area (Å²) in [6.45, 7) is 1.41. The highest BCUT2D eigenvalue weighted by atomic mass is 16.5. The molecule has 7 nitrogen and oxygen atoms in total. The molecule has 0 radical (unpaired) electrons. The molecule has 0 spiro atoms. The van der Waals surface area contributed by atoms with E-state index in [0.717, 1.165) is 54.3 Å². The molecule has 2 heterocycles. The van der Waals surface area contributed by atoms with Gasteiger partial charge >= 0.3 is 5.97 Å². The Labute approximate surface area is 198 Å². The fourth-order valence-electron chi connectivity index (χ4n) is 5.02. The Kier molecular flexibility index (Phi) is 6.01. The van der Waals surface area contributed by atoms with Crippen LogP contribution in [0.4, 0.5) is 11.4 Å². The van der Waals surface area contributed by atoms with Gasteiger partial charge in [0.2, 0.25) is 5.91 Å². The van der Waals surface area contributed by atoms with Gasteiger partial charge in [0, 0.05) is 23.5 Å². The summed E-state index contributed by atoms with van der Waals surface area (Å²) >= 11 is 0. The molecule has 3 aromatic rings. The molecule has 1 aromatic heterocycles. The molecule has 2 aliphatic rings. The number of fused-ring (bicyclic) bond motifs is 3. The number of aromatic nitrogens is 1. The second-order valence-corrected chi connectivity index (χ2v) is 8.95. The number of aryl methyl sites for hydroxylation is 1. The average molecular weight is 458 g/mol. The second-order valence-electron chi connectivity index (χ2n) is 8.95. The maximum atomic E-state index is 13.4. The summed E-state index contributed by atoms with van der Waals surface area (Å²) in [6.07, 6.45) is 4.91. The second kappa shape index (κ2) is 9.25. The first kappa shape index (κ1) is 22.1. The van der Waals surface area contributed by atoms with E-state index in [1.54, 1.807) is 23.1 Å². The number of hydrogen-bond acceptors (Lipinski definition) is 5. The van der Waals surface area contributed by atoms with Crippen LogP contribution in [0.25, 0.3) is 10.9 Å². The molecule has 5 rings (SSSR count). The monoisotopic (exact) mass is 457 g/mol. The lowest BCUT2D eigenvalue weighted by Gasteiger charge is -2.27. The number of carbonyl (C=O) groups excluding carboxylic acids is 3. The van der Waals surface area contributed by atoms with Crippen LogP contribution in [-0.2, 0) is 27.2 Å². The molecular weight excluding hydrogens is 430 g/mol. The molecule has 2 aromatic carbocycles. The van der Waals surface area contributed by atoms with E-state index in [-0.39, 0.29) is 24.3 Å². The van der Waals surface area contributed by atoms with Crippen molar-refractivity contribution in [2.75, 3.05) is 16.8 Å². The summed E-state index contributed by atoms with van der Waals surface area (Å²) in [5.74, 6) is -1.03. The Bertz CT molecular complexity index is 1290. The number of benzene rings is 2. The number of carbonyl (C=O) groups is 3. The summed E-state index contributed by atoms with van der Waals surface area (Å²) in [5.41, 5.74) is 4.36. The maximum Gasteiger partial charge on any atom is 0.339 e. The molecular formula is C27H27N3O4. The van der Waals surface area contributed by atoms with Gasteiger partial charge in [-0.05, 0) is 56.4 Å². The third-order valence-electron chi connectivity index (χ3n) is 6.58. The predicted octanol–water partition coefficient (Wildman–Crippen LogP) is 4.42. The third-order valence-corrected chi connectivity index (χ3v) is 6.58. The van der Waals surface area contributed by atoms with E-state index in [4.69, 9.17) is 9.72 Å². The lowest BCUT2D eigenvalue weighted by atomic mass is 9.97. The summed E-state index contributed by atoms with van der Waals surface area (Å²) < 4.78 is 5.63. The minimum absolute atomic E-state index is 0.154. The quantitative estimate of drug-likeness (QED) is 0.464. The minimum Gasteiger partial charge on any atom is -0.452 e. The average Bonchev–Trinajstić information content (AvgIpc) is 3.13. The Morgan fingerprint density at radius 1 is 1.06 bits per heavy atom. The Morgan fingerprint density at radius 2 is 1.82 bits per heavy atom. The van der Waals surface area contributed by atoms with Crippen LogP contribution >= 0.6 is 0 Å². The smallest absolute Gasteiger partial charge is 0.339 e. The van der Waals surface area contributed by atoms with Crippen LogP contribution in [0.15, 0.2) is 48.5 Å².